The van der Waals surface area contributed by atoms with Gasteiger partial charge >= 0.3 is 5.97 Å². The van der Waals surface area contributed by atoms with Crippen molar-refractivity contribution >= 4 is 23.6 Å². The Morgan fingerprint density at radius 3 is 2.77 bits per heavy atom. The number of rotatable bonds is 3. The van der Waals surface area contributed by atoms with Crippen molar-refractivity contribution in [2.75, 3.05) is 18.1 Å². The summed E-state index contributed by atoms with van der Waals surface area (Å²) in [6, 6.07) is 15.3. The van der Waals surface area contributed by atoms with Crippen molar-refractivity contribution in [2.45, 2.75) is 19.4 Å². The van der Waals surface area contributed by atoms with Crippen LogP contribution in [0.2, 0.25) is 0 Å². The van der Waals surface area contributed by atoms with Crippen LogP contribution in [0.4, 0.5) is 5.69 Å². The molecule has 1 amide bonds. The molecule has 0 aromatic heterocycles. The van der Waals surface area contributed by atoms with E-state index in [1.54, 1.807) is 17.9 Å². The molecule has 0 N–H and O–H groups in total. The zero-order valence-electron chi connectivity index (χ0n) is 14.5. The Morgan fingerprint density at radius 1 is 1.12 bits per heavy atom. The van der Waals surface area contributed by atoms with Gasteiger partial charge < -0.3 is 14.4 Å². The van der Waals surface area contributed by atoms with Crippen molar-refractivity contribution in [1.29, 1.82) is 0 Å². The van der Waals surface area contributed by atoms with Crippen LogP contribution in [0.15, 0.2) is 54.1 Å². The number of carbonyl (C=O) groups excluding carboxylic acids is 2. The zero-order valence-corrected chi connectivity index (χ0v) is 14.5. The molecule has 0 saturated heterocycles. The molecule has 2 aliphatic heterocycles. The first-order valence-electron chi connectivity index (χ1n) is 8.66. The molecule has 0 spiro atoms. The quantitative estimate of drug-likeness (QED) is 0.800. The zero-order chi connectivity index (χ0) is 18.1. The number of fused-ring (bicyclic) bond motifs is 2. The van der Waals surface area contributed by atoms with Gasteiger partial charge in [0.15, 0.2) is 6.10 Å². The van der Waals surface area contributed by atoms with Crippen LogP contribution < -0.4 is 9.64 Å². The normalized spacial score (nSPS) is 16.0. The predicted molar refractivity (Wildman–Crippen MR) is 98.0 cm³/mol. The summed E-state index contributed by atoms with van der Waals surface area (Å²) < 4.78 is 11.0. The van der Waals surface area contributed by atoms with Crippen LogP contribution in [0.3, 0.4) is 0 Å². The summed E-state index contributed by atoms with van der Waals surface area (Å²) in [5, 5.41) is 0. The molecule has 5 heteroatoms. The summed E-state index contributed by atoms with van der Waals surface area (Å²) in [5.74, 6) is 0.00992. The minimum absolute atomic E-state index is 0.142. The standard InChI is InChI=1S/C21H19NO4/c1-14(20(23)22-11-10-15-6-2-4-8-18(15)22)26-21(24)17-12-16-7-3-5-9-19(16)25-13-17/h2-9,12,14H,10-11,13H2,1H3. The van der Waals surface area contributed by atoms with Gasteiger partial charge in [0.1, 0.15) is 12.4 Å². The second-order valence-corrected chi connectivity index (χ2v) is 6.41. The highest BCUT2D eigenvalue weighted by atomic mass is 16.6. The van der Waals surface area contributed by atoms with Crippen molar-refractivity contribution in [3.8, 4) is 5.75 Å². The molecule has 132 valence electrons. The van der Waals surface area contributed by atoms with Gasteiger partial charge in [-0.15, -0.1) is 0 Å². The highest BCUT2D eigenvalue weighted by molar-refractivity contribution is 6.01. The molecule has 0 radical (unpaired) electrons. The number of nitrogens with zero attached hydrogens (tertiary/aromatic N) is 1. The van der Waals surface area contributed by atoms with Gasteiger partial charge in [-0.2, -0.15) is 0 Å². The number of anilines is 1. The fourth-order valence-electron chi connectivity index (χ4n) is 3.31. The highest BCUT2D eigenvalue weighted by Gasteiger charge is 2.30. The second-order valence-electron chi connectivity index (χ2n) is 6.41. The molecule has 2 aromatic rings. The van der Waals surface area contributed by atoms with Gasteiger partial charge in [-0.25, -0.2) is 4.79 Å². The summed E-state index contributed by atoms with van der Waals surface area (Å²) in [7, 11) is 0. The first-order chi connectivity index (χ1) is 12.6. The Balaban J connectivity index is 1.45. The van der Waals surface area contributed by atoms with Gasteiger partial charge in [-0.05, 0) is 37.1 Å². The molecule has 2 aromatic carbocycles. The second kappa shape index (κ2) is 6.67. The maximum atomic E-state index is 12.7. The van der Waals surface area contributed by atoms with Gasteiger partial charge in [0.25, 0.3) is 5.91 Å². The van der Waals surface area contributed by atoms with E-state index in [1.807, 2.05) is 48.5 Å². The summed E-state index contributed by atoms with van der Waals surface area (Å²) >= 11 is 0. The summed E-state index contributed by atoms with van der Waals surface area (Å²) in [6.45, 7) is 2.36. The lowest BCUT2D eigenvalue weighted by atomic mass is 10.1. The lowest BCUT2D eigenvalue weighted by Gasteiger charge is -2.23. The van der Waals surface area contributed by atoms with E-state index < -0.39 is 12.1 Å². The number of para-hydroxylation sites is 2. The number of carbonyl (C=O) groups is 2. The Morgan fingerprint density at radius 2 is 1.88 bits per heavy atom. The van der Waals surface area contributed by atoms with Crippen LogP contribution in [0.25, 0.3) is 6.08 Å². The lowest BCUT2D eigenvalue weighted by molar-refractivity contribution is -0.150. The van der Waals surface area contributed by atoms with E-state index in [2.05, 4.69) is 0 Å². The van der Waals surface area contributed by atoms with Crippen molar-refractivity contribution in [3.05, 3.63) is 65.2 Å². The average Bonchev–Trinajstić information content (AvgIpc) is 3.11. The molecule has 0 aliphatic carbocycles. The van der Waals surface area contributed by atoms with Gasteiger partial charge in [0.2, 0.25) is 0 Å². The number of ether oxygens (including phenoxy) is 2. The van der Waals surface area contributed by atoms with E-state index in [0.29, 0.717) is 12.1 Å². The molecule has 5 nitrogen and oxygen atoms in total. The molecule has 2 aliphatic rings. The monoisotopic (exact) mass is 349 g/mol. The molecule has 1 atom stereocenters. The number of hydrogen-bond donors (Lipinski definition) is 0. The molecular formula is C21H19NO4. The molecule has 4 rings (SSSR count). The lowest BCUT2D eigenvalue weighted by Crippen LogP contribution is -2.39. The van der Waals surface area contributed by atoms with E-state index >= 15 is 0 Å². The molecule has 0 fully saturated rings. The number of amides is 1. The van der Waals surface area contributed by atoms with Crippen LogP contribution in [0, 0.1) is 0 Å². The smallest absolute Gasteiger partial charge is 0.338 e. The van der Waals surface area contributed by atoms with E-state index in [9.17, 15) is 9.59 Å². The van der Waals surface area contributed by atoms with Crippen LogP contribution in [-0.2, 0) is 20.7 Å². The molecule has 2 heterocycles. The third-order valence-corrected chi connectivity index (χ3v) is 4.68. The van der Waals surface area contributed by atoms with Crippen LogP contribution in [-0.4, -0.2) is 31.1 Å². The van der Waals surface area contributed by atoms with E-state index in [-0.39, 0.29) is 12.5 Å². The van der Waals surface area contributed by atoms with E-state index in [4.69, 9.17) is 9.47 Å². The first-order valence-corrected chi connectivity index (χ1v) is 8.66. The van der Waals surface area contributed by atoms with Crippen LogP contribution >= 0.6 is 0 Å². The Hall–Kier alpha value is -3.08. The Bertz CT molecular complexity index is 902. The first kappa shape index (κ1) is 16.4. The molecular weight excluding hydrogens is 330 g/mol. The number of benzene rings is 2. The summed E-state index contributed by atoms with van der Waals surface area (Å²) in [6.07, 6.45) is 1.72. The predicted octanol–water partition coefficient (Wildman–Crippen LogP) is 2.98. The van der Waals surface area contributed by atoms with Gasteiger partial charge in [-0.1, -0.05) is 36.4 Å². The molecule has 0 bridgehead atoms. The Labute approximate surface area is 151 Å². The largest absolute Gasteiger partial charge is 0.488 e. The number of hydrogen-bond acceptors (Lipinski definition) is 4. The third-order valence-electron chi connectivity index (χ3n) is 4.68. The molecule has 1 unspecified atom stereocenters. The maximum Gasteiger partial charge on any atom is 0.338 e. The fraction of sp³-hybridized carbons (Fsp3) is 0.238. The average molecular weight is 349 g/mol. The van der Waals surface area contributed by atoms with Gasteiger partial charge in [0.05, 0.1) is 5.57 Å². The molecule has 0 saturated carbocycles. The van der Waals surface area contributed by atoms with E-state index in [0.717, 1.165) is 29.0 Å². The summed E-state index contributed by atoms with van der Waals surface area (Å²) in [5.41, 5.74) is 3.28. The summed E-state index contributed by atoms with van der Waals surface area (Å²) in [4.78, 5) is 26.9. The van der Waals surface area contributed by atoms with Crippen LogP contribution in [0.5, 0.6) is 5.75 Å². The third kappa shape index (κ3) is 2.96. The van der Waals surface area contributed by atoms with Crippen LogP contribution in [0.1, 0.15) is 18.1 Å². The van der Waals surface area contributed by atoms with Gasteiger partial charge in [0, 0.05) is 17.8 Å². The SMILES string of the molecule is CC(OC(=O)C1=Cc2ccccc2OC1)C(=O)N1CCc2ccccc21. The minimum Gasteiger partial charge on any atom is -0.488 e. The van der Waals surface area contributed by atoms with Crippen molar-refractivity contribution in [2.24, 2.45) is 0 Å². The maximum absolute atomic E-state index is 12.7. The van der Waals surface area contributed by atoms with Gasteiger partial charge in [-0.3, -0.25) is 4.79 Å². The fourth-order valence-corrected chi connectivity index (χ4v) is 3.31. The van der Waals surface area contributed by atoms with Crippen molar-refractivity contribution < 1.29 is 19.1 Å². The van der Waals surface area contributed by atoms with Crippen molar-refractivity contribution in [1.82, 2.24) is 0 Å². The van der Waals surface area contributed by atoms with Crippen molar-refractivity contribution in [3.63, 3.8) is 0 Å². The Kier molecular flexibility index (Phi) is 4.21. The molecule has 26 heavy (non-hydrogen) atoms. The highest BCUT2D eigenvalue weighted by Crippen LogP contribution is 2.29. The number of esters is 1. The van der Waals surface area contributed by atoms with E-state index in [1.165, 1.54) is 0 Å². The topological polar surface area (TPSA) is 55.8 Å². The minimum atomic E-state index is -0.855.